The number of carbonyl (C=O) groups excluding carboxylic acids is 1. The van der Waals surface area contributed by atoms with Gasteiger partial charge in [0.25, 0.3) is 5.91 Å². The number of hydrogen-bond acceptors (Lipinski definition) is 1. The average Bonchev–Trinajstić information content (AvgIpc) is 1.89. The van der Waals surface area contributed by atoms with Crippen LogP contribution in [0.15, 0.2) is 0 Å². The van der Waals surface area contributed by atoms with Gasteiger partial charge in [0, 0.05) is 28.4 Å². The van der Waals surface area contributed by atoms with Crippen LogP contribution in [0, 0.1) is 10.8 Å². The molecule has 0 bridgehead atoms. The summed E-state index contributed by atoms with van der Waals surface area (Å²) in [5.74, 6) is 2.10. The van der Waals surface area contributed by atoms with Crippen molar-refractivity contribution < 1.29 is 4.79 Å². The van der Waals surface area contributed by atoms with Crippen LogP contribution in [0.1, 0.15) is 19.8 Å². The zero-order valence-corrected chi connectivity index (χ0v) is 7.49. The SMILES string of the molecule is CCCCNC(=O)C#CBr. The molecule has 0 aliphatic rings. The summed E-state index contributed by atoms with van der Waals surface area (Å²) in [6.07, 6.45) is 2.09. The Bertz CT molecular complexity index is 157. The highest BCUT2D eigenvalue weighted by molar-refractivity contribution is 9.12. The molecular formula is C7H10BrNO. The monoisotopic (exact) mass is 203 g/mol. The Morgan fingerprint density at radius 2 is 2.40 bits per heavy atom. The van der Waals surface area contributed by atoms with Gasteiger partial charge < -0.3 is 5.32 Å². The maximum absolute atomic E-state index is 10.6. The van der Waals surface area contributed by atoms with Crippen LogP contribution in [0.25, 0.3) is 0 Å². The van der Waals surface area contributed by atoms with E-state index in [1.54, 1.807) is 0 Å². The van der Waals surface area contributed by atoms with Crippen molar-refractivity contribution in [2.75, 3.05) is 6.54 Å². The summed E-state index contributed by atoms with van der Waals surface area (Å²) in [5, 5.41) is 2.64. The molecule has 0 unspecified atom stereocenters. The minimum absolute atomic E-state index is 0.217. The fourth-order valence-corrected chi connectivity index (χ4v) is 0.646. The Labute approximate surface area is 69.5 Å². The van der Waals surface area contributed by atoms with Crippen LogP contribution in [0.4, 0.5) is 0 Å². The summed E-state index contributed by atoms with van der Waals surface area (Å²) >= 11 is 2.84. The molecule has 1 N–H and O–H groups in total. The van der Waals surface area contributed by atoms with Crippen molar-refractivity contribution in [3.05, 3.63) is 0 Å². The van der Waals surface area contributed by atoms with Crippen LogP contribution in [0.3, 0.4) is 0 Å². The summed E-state index contributed by atoms with van der Waals surface area (Å²) in [6.45, 7) is 2.79. The first-order chi connectivity index (χ1) is 4.81. The van der Waals surface area contributed by atoms with Gasteiger partial charge in [-0.3, -0.25) is 4.79 Å². The number of hydrogen-bond donors (Lipinski definition) is 1. The van der Waals surface area contributed by atoms with E-state index in [4.69, 9.17) is 0 Å². The van der Waals surface area contributed by atoms with E-state index in [-0.39, 0.29) is 5.91 Å². The van der Waals surface area contributed by atoms with Gasteiger partial charge in [-0.25, -0.2) is 0 Å². The smallest absolute Gasteiger partial charge is 0.296 e. The number of halogens is 1. The second-order valence-corrected chi connectivity index (χ2v) is 2.23. The van der Waals surface area contributed by atoms with E-state index in [9.17, 15) is 4.79 Å². The summed E-state index contributed by atoms with van der Waals surface area (Å²) in [6, 6.07) is 0. The number of rotatable bonds is 3. The Morgan fingerprint density at radius 1 is 1.70 bits per heavy atom. The predicted molar refractivity (Wildman–Crippen MR) is 44.6 cm³/mol. The van der Waals surface area contributed by atoms with Gasteiger partial charge in [-0.05, 0) is 11.3 Å². The minimum atomic E-state index is -0.217. The predicted octanol–water partition coefficient (Wildman–Crippen LogP) is 1.26. The van der Waals surface area contributed by atoms with E-state index in [0.717, 1.165) is 19.4 Å². The highest BCUT2D eigenvalue weighted by Crippen LogP contribution is 1.81. The molecule has 10 heavy (non-hydrogen) atoms. The van der Waals surface area contributed by atoms with E-state index in [1.807, 2.05) is 0 Å². The van der Waals surface area contributed by atoms with Crippen molar-refractivity contribution in [1.82, 2.24) is 5.32 Å². The average molecular weight is 204 g/mol. The van der Waals surface area contributed by atoms with Crippen molar-refractivity contribution in [2.24, 2.45) is 0 Å². The highest BCUT2D eigenvalue weighted by atomic mass is 79.9. The normalized spacial score (nSPS) is 7.80. The van der Waals surface area contributed by atoms with Gasteiger partial charge in [0.2, 0.25) is 0 Å². The molecule has 0 spiro atoms. The van der Waals surface area contributed by atoms with E-state index in [0.29, 0.717) is 0 Å². The topological polar surface area (TPSA) is 29.1 Å². The molecule has 0 rings (SSSR count). The Balaban J connectivity index is 3.28. The maximum atomic E-state index is 10.6. The lowest BCUT2D eigenvalue weighted by Gasteiger charge is -1.95. The van der Waals surface area contributed by atoms with Crippen LogP contribution >= 0.6 is 15.9 Å². The van der Waals surface area contributed by atoms with Gasteiger partial charge in [-0.15, -0.1) is 0 Å². The molecule has 0 saturated heterocycles. The van der Waals surface area contributed by atoms with Crippen molar-refractivity contribution in [2.45, 2.75) is 19.8 Å². The van der Waals surface area contributed by atoms with Gasteiger partial charge in [-0.2, -0.15) is 0 Å². The van der Waals surface area contributed by atoms with E-state index < -0.39 is 0 Å². The second kappa shape index (κ2) is 6.63. The van der Waals surface area contributed by atoms with Crippen molar-refractivity contribution in [3.8, 4) is 10.8 Å². The largest absolute Gasteiger partial charge is 0.345 e. The third kappa shape index (κ3) is 5.64. The second-order valence-electron chi connectivity index (χ2n) is 1.83. The zero-order valence-electron chi connectivity index (χ0n) is 5.91. The van der Waals surface area contributed by atoms with Crippen molar-refractivity contribution >= 4 is 21.8 Å². The van der Waals surface area contributed by atoms with Gasteiger partial charge in [0.05, 0.1) is 0 Å². The summed E-state index contributed by atoms with van der Waals surface area (Å²) in [4.78, 5) is 12.9. The van der Waals surface area contributed by atoms with Gasteiger partial charge >= 0.3 is 0 Å². The quantitative estimate of drug-likeness (QED) is 0.544. The molecule has 0 heterocycles. The Morgan fingerprint density at radius 3 is 2.90 bits per heavy atom. The summed E-state index contributed by atoms with van der Waals surface area (Å²) in [7, 11) is 0. The number of amides is 1. The molecule has 2 nitrogen and oxygen atoms in total. The first kappa shape index (κ1) is 9.51. The van der Waals surface area contributed by atoms with Crippen LogP contribution in [0.5, 0.6) is 0 Å². The lowest BCUT2D eigenvalue weighted by atomic mass is 10.3. The molecule has 0 aromatic carbocycles. The van der Waals surface area contributed by atoms with E-state index >= 15 is 0 Å². The minimum Gasteiger partial charge on any atom is -0.345 e. The molecule has 0 radical (unpaired) electrons. The maximum Gasteiger partial charge on any atom is 0.296 e. The Kier molecular flexibility index (Phi) is 6.30. The van der Waals surface area contributed by atoms with Crippen LogP contribution in [-0.2, 0) is 4.79 Å². The highest BCUT2D eigenvalue weighted by Gasteiger charge is 1.90. The molecule has 0 fully saturated rings. The molecule has 56 valence electrons. The third-order valence-corrected chi connectivity index (χ3v) is 1.17. The summed E-state index contributed by atoms with van der Waals surface area (Å²) < 4.78 is 0. The fraction of sp³-hybridized carbons (Fsp3) is 0.571. The third-order valence-electron chi connectivity index (χ3n) is 0.977. The van der Waals surface area contributed by atoms with Gasteiger partial charge in [0.1, 0.15) is 0 Å². The first-order valence-electron chi connectivity index (χ1n) is 3.20. The standard InChI is InChI=1S/C7H10BrNO/c1-2-3-6-9-7(10)4-5-8/h2-3,6H2,1H3,(H,9,10). The van der Waals surface area contributed by atoms with E-state index in [2.05, 4.69) is 38.9 Å². The molecule has 0 aromatic rings. The molecule has 0 atom stereocenters. The number of unbranched alkanes of at least 4 members (excludes halogenated alkanes) is 1. The molecule has 1 amide bonds. The van der Waals surface area contributed by atoms with Gasteiger partial charge in [0.15, 0.2) is 0 Å². The lowest BCUT2D eigenvalue weighted by molar-refractivity contribution is -0.115. The van der Waals surface area contributed by atoms with Crippen LogP contribution in [-0.4, -0.2) is 12.5 Å². The molecule has 0 aliphatic carbocycles. The van der Waals surface area contributed by atoms with Gasteiger partial charge in [-0.1, -0.05) is 13.3 Å². The zero-order chi connectivity index (χ0) is 7.82. The number of carbonyl (C=O) groups is 1. The number of nitrogens with one attached hydrogen (secondary N) is 1. The Hall–Kier alpha value is -0.490. The van der Waals surface area contributed by atoms with Crippen LogP contribution < -0.4 is 5.32 Å². The van der Waals surface area contributed by atoms with Crippen LogP contribution in [0.2, 0.25) is 0 Å². The van der Waals surface area contributed by atoms with Crippen molar-refractivity contribution in [1.29, 1.82) is 0 Å². The van der Waals surface area contributed by atoms with E-state index in [1.165, 1.54) is 0 Å². The fourth-order valence-electron chi connectivity index (χ4n) is 0.466. The first-order valence-corrected chi connectivity index (χ1v) is 4.00. The molecule has 0 aliphatic heterocycles. The molecule has 0 saturated carbocycles. The molecule has 0 aromatic heterocycles. The summed E-state index contributed by atoms with van der Waals surface area (Å²) in [5.41, 5.74) is 0. The molecular weight excluding hydrogens is 194 g/mol. The molecule has 3 heteroatoms. The lowest BCUT2D eigenvalue weighted by Crippen LogP contribution is -2.22. The van der Waals surface area contributed by atoms with Crippen molar-refractivity contribution in [3.63, 3.8) is 0 Å².